The minimum Gasteiger partial charge on any atom is -0.393 e. The van der Waals surface area contributed by atoms with Crippen molar-refractivity contribution < 1.29 is 0 Å². The van der Waals surface area contributed by atoms with Crippen LogP contribution in [0.5, 0.6) is 0 Å². The maximum Gasteiger partial charge on any atom is 0.157 e. The third kappa shape index (κ3) is 4.02. The molecule has 1 rings (SSSR count). The Morgan fingerprint density at radius 3 is 2.53 bits per heavy atom. The highest BCUT2D eigenvalue weighted by atomic mass is 35.5. The molecule has 0 aliphatic carbocycles. The maximum atomic E-state index is 5.91. The summed E-state index contributed by atoms with van der Waals surface area (Å²) in [6, 6.07) is 0. The van der Waals surface area contributed by atoms with Crippen molar-refractivity contribution in [3.05, 3.63) is 11.5 Å². The number of nitrogens with two attached hydrogens (primary N) is 1. The highest BCUT2D eigenvalue weighted by molar-refractivity contribution is 6.32. The Hall–Kier alpha value is -1.07. The number of rotatable bonds is 6. The van der Waals surface area contributed by atoms with Crippen LogP contribution in [0, 0.1) is 0 Å². The van der Waals surface area contributed by atoms with Crippen LogP contribution in [0.2, 0.25) is 5.15 Å². The van der Waals surface area contributed by atoms with Crippen LogP contribution in [-0.2, 0) is 0 Å². The van der Waals surface area contributed by atoms with Gasteiger partial charge >= 0.3 is 0 Å². The third-order valence-electron chi connectivity index (χ3n) is 2.42. The number of hydrogen-bond acceptors (Lipinski definition) is 5. The lowest BCUT2D eigenvalue weighted by atomic mass is 10.3. The SMILES string of the molecule is CCCN(CCN(C)C)c1ncnc(Cl)c1N. The Morgan fingerprint density at radius 1 is 1.24 bits per heavy atom. The van der Waals surface area contributed by atoms with E-state index in [0.29, 0.717) is 10.8 Å². The minimum absolute atomic E-state index is 0.320. The highest BCUT2D eigenvalue weighted by Gasteiger charge is 2.13. The van der Waals surface area contributed by atoms with Gasteiger partial charge in [0.1, 0.15) is 12.0 Å². The molecule has 0 saturated carbocycles. The van der Waals surface area contributed by atoms with E-state index in [9.17, 15) is 0 Å². The van der Waals surface area contributed by atoms with E-state index in [2.05, 4.69) is 26.7 Å². The minimum atomic E-state index is 0.320. The van der Waals surface area contributed by atoms with Gasteiger partial charge in [0.2, 0.25) is 0 Å². The van der Waals surface area contributed by atoms with Crippen molar-refractivity contribution in [3.63, 3.8) is 0 Å². The molecule has 0 aliphatic rings. The standard InChI is InChI=1S/C11H20ClN5/c1-4-5-17(7-6-16(2)3)11-9(13)10(12)14-8-15-11/h8H,4-7,13H2,1-3H3. The second-order valence-corrected chi connectivity index (χ2v) is 4.55. The first kappa shape index (κ1) is 14.0. The van der Waals surface area contributed by atoms with Crippen molar-refractivity contribution >= 4 is 23.1 Å². The molecule has 0 aliphatic heterocycles. The predicted molar refractivity (Wildman–Crippen MR) is 72.5 cm³/mol. The zero-order chi connectivity index (χ0) is 12.8. The summed E-state index contributed by atoms with van der Waals surface area (Å²) in [5.41, 5.74) is 6.37. The van der Waals surface area contributed by atoms with Crippen LogP contribution in [-0.4, -0.2) is 48.6 Å². The van der Waals surface area contributed by atoms with Crippen LogP contribution in [0.25, 0.3) is 0 Å². The lowest BCUT2D eigenvalue weighted by Gasteiger charge is -2.25. The van der Waals surface area contributed by atoms with Gasteiger partial charge in [-0.2, -0.15) is 0 Å². The molecule has 0 radical (unpaired) electrons. The molecular formula is C11H20ClN5. The van der Waals surface area contributed by atoms with E-state index >= 15 is 0 Å². The molecule has 1 aromatic rings. The number of halogens is 1. The average Bonchev–Trinajstić information content (AvgIpc) is 2.28. The van der Waals surface area contributed by atoms with Crippen LogP contribution < -0.4 is 10.6 Å². The van der Waals surface area contributed by atoms with E-state index in [1.807, 2.05) is 14.1 Å². The summed E-state index contributed by atoms with van der Waals surface area (Å²) < 4.78 is 0. The number of likely N-dealkylation sites (N-methyl/N-ethyl adjacent to an activating group) is 1. The van der Waals surface area contributed by atoms with Gasteiger partial charge in [-0.25, -0.2) is 9.97 Å². The van der Waals surface area contributed by atoms with Crippen molar-refractivity contribution in [2.45, 2.75) is 13.3 Å². The smallest absolute Gasteiger partial charge is 0.157 e. The van der Waals surface area contributed by atoms with Crippen LogP contribution >= 0.6 is 11.6 Å². The monoisotopic (exact) mass is 257 g/mol. The van der Waals surface area contributed by atoms with Gasteiger partial charge in [-0.1, -0.05) is 18.5 Å². The summed E-state index contributed by atoms with van der Waals surface area (Å²) in [5.74, 6) is 0.730. The van der Waals surface area contributed by atoms with Crippen molar-refractivity contribution in [3.8, 4) is 0 Å². The zero-order valence-electron chi connectivity index (χ0n) is 10.6. The molecule has 6 heteroatoms. The van der Waals surface area contributed by atoms with Crippen LogP contribution in [0.15, 0.2) is 6.33 Å². The van der Waals surface area contributed by atoms with Gasteiger partial charge in [0.05, 0.1) is 0 Å². The summed E-state index contributed by atoms with van der Waals surface area (Å²) in [5, 5.41) is 0.320. The third-order valence-corrected chi connectivity index (χ3v) is 2.73. The maximum absolute atomic E-state index is 5.91. The van der Waals surface area contributed by atoms with E-state index in [0.717, 1.165) is 31.9 Å². The topological polar surface area (TPSA) is 58.3 Å². The van der Waals surface area contributed by atoms with Gasteiger partial charge in [-0.05, 0) is 20.5 Å². The number of nitrogen functional groups attached to an aromatic ring is 1. The normalized spacial score (nSPS) is 10.9. The predicted octanol–water partition coefficient (Wildman–Crippen LogP) is 1.49. The van der Waals surface area contributed by atoms with Gasteiger partial charge in [-0.15, -0.1) is 0 Å². The van der Waals surface area contributed by atoms with Crippen LogP contribution in [0.3, 0.4) is 0 Å². The number of aromatic nitrogens is 2. The van der Waals surface area contributed by atoms with Crippen molar-refractivity contribution in [2.75, 3.05) is 44.4 Å². The molecular weight excluding hydrogens is 238 g/mol. The van der Waals surface area contributed by atoms with Crippen molar-refractivity contribution in [1.82, 2.24) is 14.9 Å². The quantitative estimate of drug-likeness (QED) is 0.783. The molecule has 96 valence electrons. The van der Waals surface area contributed by atoms with E-state index in [1.54, 1.807) is 0 Å². The molecule has 1 heterocycles. The molecule has 2 N–H and O–H groups in total. The second-order valence-electron chi connectivity index (χ2n) is 4.19. The highest BCUT2D eigenvalue weighted by Crippen LogP contribution is 2.25. The summed E-state index contributed by atoms with van der Waals surface area (Å²) >= 11 is 5.91. The fourth-order valence-electron chi connectivity index (χ4n) is 1.53. The first-order valence-electron chi connectivity index (χ1n) is 5.72. The van der Waals surface area contributed by atoms with E-state index < -0.39 is 0 Å². The Balaban J connectivity index is 2.85. The molecule has 0 saturated heterocycles. The van der Waals surface area contributed by atoms with Crippen LogP contribution in [0.4, 0.5) is 11.5 Å². The summed E-state index contributed by atoms with van der Waals surface area (Å²) in [6.07, 6.45) is 2.49. The van der Waals surface area contributed by atoms with E-state index in [1.165, 1.54) is 6.33 Å². The number of nitrogens with zero attached hydrogens (tertiary/aromatic N) is 4. The molecule has 0 fully saturated rings. The van der Waals surface area contributed by atoms with Crippen molar-refractivity contribution in [1.29, 1.82) is 0 Å². The van der Waals surface area contributed by atoms with Gasteiger partial charge in [0.25, 0.3) is 0 Å². The van der Waals surface area contributed by atoms with Crippen LogP contribution in [0.1, 0.15) is 13.3 Å². The summed E-state index contributed by atoms with van der Waals surface area (Å²) in [6.45, 7) is 4.85. The Morgan fingerprint density at radius 2 is 1.94 bits per heavy atom. The first-order valence-corrected chi connectivity index (χ1v) is 6.09. The van der Waals surface area contributed by atoms with Gasteiger partial charge in [0.15, 0.2) is 11.0 Å². The van der Waals surface area contributed by atoms with E-state index in [-0.39, 0.29) is 0 Å². The molecule has 5 nitrogen and oxygen atoms in total. The Labute approximate surface area is 108 Å². The van der Waals surface area contributed by atoms with Gasteiger partial charge < -0.3 is 15.5 Å². The lowest BCUT2D eigenvalue weighted by molar-refractivity contribution is 0.412. The largest absolute Gasteiger partial charge is 0.393 e. The molecule has 0 unspecified atom stereocenters. The van der Waals surface area contributed by atoms with Crippen molar-refractivity contribution in [2.24, 2.45) is 0 Å². The Kier molecular flexibility index (Phi) is 5.44. The molecule has 17 heavy (non-hydrogen) atoms. The molecule has 0 spiro atoms. The second kappa shape index (κ2) is 6.61. The number of hydrogen-bond donors (Lipinski definition) is 1. The summed E-state index contributed by atoms with van der Waals surface area (Å²) in [4.78, 5) is 12.4. The fraction of sp³-hybridized carbons (Fsp3) is 0.636. The van der Waals surface area contributed by atoms with E-state index in [4.69, 9.17) is 17.3 Å². The first-order chi connectivity index (χ1) is 8.06. The molecule has 0 amide bonds. The van der Waals surface area contributed by atoms with Gasteiger partial charge in [-0.3, -0.25) is 0 Å². The molecule has 0 atom stereocenters. The molecule has 0 aromatic carbocycles. The molecule has 1 aromatic heterocycles. The Bertz CT molecular complexity index is 356. The summed E-state index contributed by atoms with van der Waals surface area (Å²) in [7, 11) is 4.08. The fourth-order valence-corrected chi connectivity index (χ4v) is 1.66. The number of anilines is 2. The molecule has 0 bridgehead atoms. The van der Waals surface area contributed by atoms with Gasteiger partial charge in [0, 0.05) is 19.6 Å². The average molecular weight is 258 g/mol. The zero-order valence-corrected chi connectivity index (χ0v) is 11.4. The lowest BCUT2D eigenvalue weighted by Crippen LogP contribution is -2.33.